The average Bonchev–Trinajstić information content (AvgIpc) is 3.00. The molecule has 0 spiro atoms. The van der Waals surface area contributed by atoms with Crippen LogP contribution in [0.3, 0.4) is 0 Å². The van der Waals surface area contributed by atoms with Crippen molar-refractivity contribution in [3.63, 3.8) is 0 Å². The number of ketones is 1. The van der Waals surface area contributed by atoms with Crippen LogP contribution in [0.2, 0.25) is 0 Å². The second-order valence-electron chi connectivity index (χ2n) is 6.01. The third kappa shape index (κ3) is 3.89. The number of fused-ring (bicyclic) bond motifs is 1. The van der Waals surface area contributed by atoms with Gasteiger partial charge in [-0.2, -0.15) is 0 Å². The van der Waals surface area contributed by atoms with Gasteiger partial charge in [0.1, 0.15) is 5.76 Å². The van der Waals surface area contributed by atoms with E-state index in [1.165, 1.54) is 6.07 Å². The Morgan fingerprint density at radius 2 is 1.74 bits per heavy atom. The average molecular weight is 367 g/mol. The van der Waals surface area contributed by atoms with Gasteiger partial charge >= 0.3 is 5.97 Å². The minimum Gasteiger partial charge on any atom is -0.507 e. The van der Waals surface area contributed by atoms with Crippen molar-refractivity contribution in [2.24, 2.45) is 0 Å². The zero-order chi connectivity index (χ0) is 19.6. The number of aromatic nitrogens is 1. The van der Waals surface area contributed by atoms with Crippen LogP contribution in [-0.4, -0.2) is 36.7 Å². The molecular formula is C20H17NO6. The molecule has 4 N–H and O–H groups in total. The summed E-state index contributed by atoms with van der Waals surface area (Å²) in [7, 11) is 0. The number of aliphatic hydroxyl groups is 3. The predicted molar refractivity (Wildman–Crippen MR) is 97.9 cm³/mol. The van der Waals surface area contributed by atoms with Crippen LogP contribution in [0.5, 0.6) is 0 Å². The van der Waals surface area contributed by atoms with E-state index in [9.17, 15) is 24.9 Å². The molecule has 0 aliphatic carbocycles. The molecule has 0 saturated heterocycles. The molecule has 3 rings (SSSR count). The Morgan fingerprint density at radius 1 is 1.04 bits per heavy atom. The van der Waals surface area contributed by atoms with E-state index in [4.69, 9.17) is 5.11 Å². The fraction of sp³-hybridized carbons (Fsp3) is 0.100. The molecule has 0 saturated carbocycles. The Bertz CT molecular complexity index is 1030. The van der Waals surface area contributed by atoms with Crippen LogP contribution in [0.15, 0.2) is 60.8 Å². The van der Waals surface area contributed by atoms with Gasteiger partial charge in [-0.1, -0.05) is 36.4 Å². The lowest BCUT2D eigenvalue weighted by Gasteiger charge is -2.07. The minimum atomic E-state index is -1.70. The summed E-state index contributed by atoms with van der Waals surface area (Å²) >= 11 is 0. The molecule has 0 aliphatic rings. The summed E-state index contributed by atoms with van der Waals surface area (Å²) in [5.41, 5.74) is 2.11. The third-order valence-electron chi connectivity index (χ3n) is 4.15. The number of carbonyl (C=O) groups is 2. The summed E-state index contributed by atoms with van der Waals surface area (Å²) in [6, 6.07) is 14.2. The summed E-state index contributed by atoms with van der Waals surface area (Å²) in [6.07, 6.45) is 0.518. The Morgan fingerprint density at radius 3 is 2.37 bits per heavy atom. The topological polar surface area (TPSA) is 120 Å². The number of rotatable bonds is 6. The van der Waals surface area contributed by atoms with Crippen molar-refractivity contribution < 1.29 is 30.0 Å². The number of carbonyl (C=O) groups excluding carboxylic acids is 1. The summed E-state index contributed by atoms with van der Waals surface area (Å²) in [6.45, 7) is 0.471. The number of hydrogen-bond acceptors (Lipinski definition) is 5. The van der Waals surface area contributed by atoms with Gasteiger partial charge in [-0.3, -0.25) is 4.79 Å². The highest BCUT2D eigenvalue weighted by molar-refractivity contribution is 6.38. The fourth-order valence-electron chi connectivity index (χ4n) is 2.85. The lowest BCUT2D eigenvalue weighted by atomic mass is 10.1. The number of carboxylic acid groups (broad SMARTS) is 1. The van der Waals surface area contributed by atoms with Crippen molar-refractivity contribution >= 4 is 28.4 Å². The quantitative estimate of drug-likeness (QED) is 0.229. The number of hydrogen-bond donors (Lipinski definition) is 4. The van der Waals surface area contributed by atoms with E-state index in [1.54, 1.807) is 18.3 Å². The molecule has 2 aromatic carbocycles. The number of benzene rings is 2. The lowest BCUT2D eigenvalue weighted by Crippen LogP contribution is -2.09. The maximum atomic E-state index is 11.4. The van der Waals surface area contributed by atoms with Gasteiger partial charge in [-0.25, -0.2) is 4.79 Å². The van der Waals surface area contributed by atoms with Gasteiger partial charge in [0.15, 0.2) is 6.29 Å². The van der Waals surface area contributed by atoms with Crippen molar-refractivity contribution in [1.29, 1.82) is 0 Å². The van der Waals surface area contributed by atoms with E-state index < -0.39 is 23.8 Å². The largest absolute Gasteiger partial charge is 0.507 e. The van der Waals surface area contributed by atoms with Gasteiger partial charge in [-0.15, -0.1) is 0 Å². The highest BCUT2D eigenvalue weighted by atomic mass is 16.5. The van der Waals surface area contributed by atoms with Crippen molar-refractivity contribution in [1.82, 2.24) is 4.57 Å². The molecule has 0 bridgehead atoms. The smallest absolute Gasteiger partial charge is 0.376 e. The zero-order valence-electron chi connectivity index (χ0n) is 14.1. The molecule has 0 aliphatic heterocycles. The molecule has 0 atom stereocenters. The molecule has 1 aromatic heterocycles. The van der Waals surface area contributed by atoms with Crippen LogP contribution in [0, 0.1) is 0 Å². The molecule has 0 fully saturated rings. The summed E-state index contributed by atoms with van der Waals surface area (Å²) in [5.74, 6) is -3.44. The molecule has 138 valence electrons. The lowest BCUT2D eigenvalue weighted by molar-refractivity contribution is -0.146. The molecule has 27 heavy (non-hydrogen) atoms. The van der Waals surface area contributed by atoms with E-state index in [0.29, 0.717) is 23.5 Å². The van der Waals surface area contributed by atoms with Crippen molar-refractivity contribution in [2.75, 3.05) is 0 Å². The first kappa shape index (κ1) is 18.4. The highest BCUT2D eigenvalue weighted by Gasteiger charge is 2.17. The van der Waals surface area contributed by atoms with Crippen LogP contribution in [0.25, 0.3) is 16.7 Å². The standard InChI is InChI=1S/C20H17NO6/c22-17(9-18(23)20(26)27)15-11-21(10-12-4-2-1-3-5-12)16-7-6-13(19(24)25)8-14(15)16/h1-9,11,19,22,24-25H,10H2,(H,26,27). The van der Waals surface area contributed by atoms with Gasteiger partial charge < -0.3 is 25.0 Å². The van der Waals surface area contributed by atoms with Crippen LogP contribution >= 0.6 is 0 Å². The molecule has 3 aromatic rings. The molecule has 7 heteroatoms. The maximum Gasteiger partial charge on any atom is 0.376 e. The van der Waals surface area contributed by atoms with E-state index in [2.05, 4.69) is 0 Å². The van der Waals surface area contributed by atoms with Crippen LogP contribution in [0.1, 0.15) is 23.0 Å². The normalized spacial score (nSPS) is 11.9. The van der Waals surface area contributed by atoms with E-state index >= 15 is 0 Å². The van der Waals surface area contributed by atoms with Crippen LogP contribution < -0.4 is 0 Å². The molecule has 0 radical (unpaired) electrons. The highest BCUT2D eigenvalue weighted by Crippen LogP contribution is 2.29. The van der Waals surface area contributed by atoms with Crippen molar-refractivity contribution in [2.45, 2.75) is 12.8 Å². The van der Waals surface area contributed by atoms with Gasteiger partial charge in [0.05, 0.1) is 0 Å². The summed E-state index contributed by atoms with van der Waals surface area (Å²) in [5, 5.41) is 38.3. The number of nitrogens with zero attached hydrogens (tertiary/aromatic N) is 1. The number of carboxylic acids is 1. The summed E-state index contributed by atoms with van der Waals surface area (Å²) in [4.78, 5) is 22.2. The van der Waals surface area contributed by atoms with E-state index in [0.717, 1.165) is 5.56 Å². The second-order valence-corrected chi connectivity index (χ2v) is 6.01. The molecule has 7 nitrogen and oxygen atoms in total. The Balaban J connectivity index is 2.14. The number of aliphatic hydroxyl groups excluding tert-OH is 2. The van der Waals surface area contributed by atoms with Crippen molar-refractivity contribution in [3.8, 4) is 0 Å². The minimum absolute atomic E-state index is 0.207. The molecule has 1 heterocycles. The molecule has 0 unspecified atom stereocenters. The SMILES string of the molecule is O=C(O)C(=O)C=C(O)c1cn(Cc2ccccc2)c2ccc(C(O)O)cc12. The maximum absolute atomic E-state index is 11.4. The Labute approximate surface area is 154 Å². The monoisotopic (exact) mass is 367 g/mol. The van der Waals surface area contributed by atoms with E-state index in [-0.39, 0.29) is 11.1 Å². The molecular weight excluding hydrogens is 350 g/mol. The predicted octanol–water partition coefficient (Wildman–Crippen LogP) is 2.23. The van der Waals surface area contributed by atoms with Crippen LogP contribution in [-0.2, 0) is 16.1 Å². The third-order valence-corrected chi connectivity index (χ3v) is 4.15. The van der Waals surface area contributed by atoms with Gasteiger partial charge in [0.25, 0.3) is 5.78 Å². The Hall–Kier alpha value is -3.42. The van der Waals surface area contributed by atoms with Gasteiger partial charge in [-0.05, 0) is 17.7 Å². The second kappa shape index (κ2) is 7.45. The molecule has 0 amide bonds. The first-order valence-electron chi connectivity index (χ1n) is 8.08. The summed E-state index contributed by atoms with van der Waals surface area (Å²) < 4.78 is 1.82. The number of aliphatic carboxylic acids is 1. The van der Waals surface area contributed by atoms with Gasteiger partial charge in [0, 0.05) is 40.8 Å². The fourth-order valence-corrected chi connectivity index (χ4v) is 2.85. The Kier molecular flexibility index (Phi) is 5.07. The van der Waals surface area contributed by atoms with Gasteiger partial charge in [0.2, 0.25) is 0 Å². The van der Waals surface area contributed by atoms with E-state index in [1.807, 2.05) is 34.9 Å². The first-order chi connectivity index (χ1) is 12.9. The van der Waals surface area contributed by atoms with Crippen molar-refractivity contribution in [3.05, 3.63) is 77.5 Å². The van der Waals surface area contributed by atoms with Crippen LogP contribution in [0.4, 0.5) is 0 Å². The zero-order valence-corrected chi connectivity index (χ0v) is 14.1. The first-order valence-corrected chi connectivity index (χ1v) is 8.08.